The summed E-state index contributed by atoms with van der Waals surface area (Å²) in [7, 11) is 2.94. The second-order valence-electron chi connectivity index (χ2n) is 6.13. The summed E-state index contributed by atoms with van der Waals surface area (Å²) in [4.78, 5) is 25.9. The Balaban J connectivity index is 2.07. The van der Waals surface area contributed by atoms with Crippen LogP contribution in [0.1, 0.15) is 38.2 Å². The van der Waals surface area contributed by atoms with Crippen molar-refractivity contribution in [3.05, 3.63) is 28.7 Å². The van der Waals surface area contributed by atoms with E-state index in [0.717, 1.165) is 18.4 Å². The third kappa shape index (κ3) is 5.97. The van der Waals surface area contributed by atoms with Gasteiger partial charge in [-0.25, -0.2) is 0 Å². The number of thioether (sulfide) groups is 1. The molecule has 0 saturated carbocycles. The van der Waals surface area contributed by atoms with E-state index in [1.807, 2.05) is 18.2 Å². The van der Waals surface area contributed by atoms with Gasteiger partial charge in [-0.1, -0.05) is 43.4 Å². The highest BCUT2D eigenvalue weighted by Crippen LogP contribution is 2.35. The minimum absolute atomic E-state index is 0.151. The largest absolute Gasteiger partial charge is 0.493 e. The molecule has 0 unspecified atom stereocenters. The molecule has 1 heterocycles. The number of esters is 1. The summed E-state index contributed by atoms with van der Waals surface area (Å²) >= 11 is 6.57. The number of benzene rings is 1. The van der Waals surface area contributed by atoms with Crippen molar-refractivity contribution in [1.82, 2.24) is 4.90 Å². The maximum atomic E-state index is 12.6. The zero-order chi connectivity index (χ0) is 20.5. The molecule has 1 aliphatic heterocycles. The lowest BCUT2D eigenvalue weighted by molar-refractivity contribution is -0.141. The number of methoxy groups -OCH3 is 2. The van der Waals surface area contributed by atoms with Crippen molar-refractivity contribution in [3.63, 3.8) is 0 Å². The van der Waals surface area contributed by atoms with Gasteiger partial charge in [-0.2, -0.15) is 0 Å². The summed E-state index contributed by atoms with van der Waals surface area (Å²) in [5.41, 5.74) is 0.828. The molecule has 0 N–H and O–H groups in total. The van der Waals surface area contributed by atoms with Gasteiger partial charge in [0.1, 0.15) is 4.32 Å². The van der Waals surface area contributed by atoms with E-state index < -0.39 is 0 Å². The quantitative estimate of drug-likeness (QED) is 0.244. The highest BCUT2D eigenvalue weighted by atomic mass is 32.2. The molecule has 2 rings (SSSR count). The Labute approximate surface area is 175 Å². The Morgan fingerprint density at radius 3 is 2.71 bits per heavy atom. The summed E-state index contributed by atoms with van der Waals surface area (Å²) < 4.78 is 16.3. The number of hydrogen-bond donors (Lipinski definition) is 0. The molecule has 28 heavy (non-hydrogen) atoms. The van der Waals surface area contributed by atoms with Gasteiger partial charge < -0.3 is 14.2 Å². The fraction of sp³-hybridized carbons (Fsp3) is 0.450. The second kappa shape index (κ2) is 11.1. The summed E-state index contributed by atoms with van der Waals surface area (Å²) in [5.74, 6) is 0.860. The smallest absolute Gasteiger partial charge is 0.305 e. The topological polar surface area (TPSA) is 65.1 Å². The predicted octanol–water partition coefficient (Wildman–Crippen LogP) is 4.03. The number of rotatable bonds is 10. The van der Waals surface area contributed by atoms with Crippen LogP contribution in [0.5, 0.6) is 11.5 Å². The standard InChI is InChI=1S/C20H25NO5S2/c1-4-5-11-26-15-9-8-14(12-16(15)24-2)13-17-19(23)21(20(27)28-17)10-6-7-18(22)25-3/h8-9,12-13H,4-7,10-11H2,1-3H3/b17-13-. The van der Waals surface area contributed by atoms with Crippen LogP contribution in [0.15, 0.2) is 23.1 Å². The lowest BCUT2D eigenvalue weighted by Gasteiger charge is -2.13. The normalized spacial score (nSPS) is 15.2. The van der Waals surface area contributed by atoms with Gasteiger partial charge in [0, 0.05) is 13.0 Å². The van der Waals surface area contributed by atoms with Crippen molar-refractivity contribution in [1.29, 1.82) is 0 Å². The Hall–Kier alpha value is -2.06. The molecule has 1 amide bonds. The van der Waals surface area contributed by atoms with Crippen molar-refractivity contribution in [2.45, 2.75) is 32.6 Å². The van der Waals surface area contributed by atoms with Crippen LogP contribution in [-0.4, -0.2) is 48.5 Å². The molecular formula is C20H25NO5S2. The van der Waals surface area contributed by atoms with Gasteiger partial charge in [0.05, 0.1) is 25.7 Å². The number of hydrogen-bond acceptors (Lipinski definition) is 7. The van der Waals surface area contributed by atoms with Crippen molar-refractivity contribution >= 4 is 46.3 Å². The Morgan fingerprint density at radius 1 is 1.25 bits per heavy atom. The first-order valence-electron chi connectivity index (χ1n) is 9.13. The molecule has 1 aliphatic rings. The second-order valence-corrected chi connectivity index (χ2v) is 7.80. The van der Waals surface area contributed by atoms with Crippen LogP contribution in [0.25, 0.3) is 6.08 Å². The zero-order valence-corrected chi connectivity index (χ0v) is 18.0. The highest BCUT2D eigenvalue weighted by Gasteiger charge is 2.31. The molecule has 152 valence electrons. The maximum Gasteiger partial charge on any atom is 0.305 e. The van der Waals surface area contributed by atoms with Crippen LogP contribution < -0.4 is 9.47 Å². The highest BCUT2D eigenvalue weighted by molar-refractivity contribution is 8.26. The first kappa shape index (κ1) is 22.2. The molecular weight excluding hydrogens is 398 g/mol. The third-order valence-electron chi connectivity index (χ3n) is 4.10. The Morgan fingerprint density at radius 2 is 2.04 bits per heavy atom. The van der Waals surface area contributed by atoms with E-state index >= 15 is 0 Å². The average molecular weight is 424 g/mol. The lowest BCUT2D eigenvalue weighted by Crippen LogP contribution is -2.29. The van der Waals surface area contributed by atoms with E-state index in [2.05, 4.69) is 11.7 Å². The van der Waals surface area contributed by atoms with Crippen molar-refractivity contribution < 1.29 is 23.8 Å². The predicted molar refractivity (Wildman–Crippen MR) is 115 cm³/mol. The average Bonchev–Trinajstić information content (AvgIpc) is 2.96. The van der Waals surface area contributed by atoms with E-state index in [0.29, 0.717) is 40.3 Å². The van der Waals surface area contributed by atoms with Crippen molar-refractivity contribution in [2.24, 2.45) is 0 Å². The molecule has 0 bridgehead atoms. The molecule has 1 fully saturated rings. The lowest BCUT2D eigenvalue weighted by atomic mass is 10.2. The molecule has 6 nitrogen and oxygen atoms in total. The number of nitrogens with zero attached hydrogens (tertiary/aromatic N) is 1. The van der Waals surface area contributed by atoms with Gasteiger partial charge in [-0.3, -0.25) is 14.5 Å². The molecule has 0 aromatic heterocycles. The summed E-state index contributed by atoms with van der Waals surface area (Å²) in [6.07, 6.45) is 4.58. The number of carbonyl (C=O) groups excluding carboxylic acids is 2. The summed E-state index contributed by atoms with van der Waals surface area (Å²) in [5, 5.41) is 0. The Kier molecular flexibility index (Phi) is 8.79. The summed E-state index contributed by atoms with van der Waals surface area (Å²) in [6.45, 7) is 3.14. The van der Waals surface area contributed by atoms with Crippen LogP contribution in [0, 0.1) is 0 Å². The van der Waals surface area contributed by atoms with E-state index in [9.17, 15) is 9.59 Å². The first-order valence-corrected chi connectivity index (χ1v) is 10.4. The number of unbranched alkanes of at least 4 members (excludes halogenated alkanes) is 1. The van der Waals surface area contributed by atoms with Gasteiger partial charge >= 0.3 is 5.97 Å². The van der Waals surface area contributed by atoms with Crippen LogP contribution in [0.3, 0.4) is 0 Å². The van der Waals surface area contributed by atoms with Gasteiger partial charge in [0.25, 0.3) is 5.91 Å². The number of amides is 1. The molecule has 0 spiro atoms. The molecule has 1 aromatic rings. The monoisotopic (exact) mass is 423 g/mol. The maximum absolute atomic E-state index is 12.6. The number of ether oxygens (including phenoxy) is 3. The van der Waals surface area contributed by atoms with Crippen molar-refractivity contribution in [2.75, 3.05) is 27.4 Å². The van der Waals surface area contributed by atoms with Crippen LogP contribution in [0.4, 0.5) is 0 Å². The number of thiocarbonyl (C=S) groups is 1. The van der Waals surface area contributed by atoms with Gasteiger partial charge in [-0.15, -0.1) is 0 Å². The molecule has 8 heteroatoms. The van der Waals surface area contributed by atoms with Crippen LogP contribution in [0.2, 0.25) is 0 Å². The van der Waals surface area contributed by atoms with E-state index in [-0.39, 0.29) is 18.3 Å². The molecule has 1 aromatic carbocycles. The van der Waals surface area contributed by atoms with Gasteiger partial charge in [0.2, 0.25) is 0 Å². The Bertz CT molecular complexity index is 763. The first-order chi connectivity index (χ1) is 13.5. The van der Waals surface area contributed by atoms with Crippen LogP contribution >= 0.6 is 24.0 Å². The molecule has 1 saturated heterocycles. The van der Waals surface area contributed by atoms with Crippen molar-refractivity contribution in [3.8, 4) is 11.5 Å². The number of carbonyl (C=O) groups is 2. The minimum atomic E-state index is -0.297. The molecule has 0 aliphatic carbocycles. The van der Waals surface area contributed by atoms with E-state index in [1.54, 1.807) is 13.2 Å². The molecule has 0 atom stereocenters. The zero-order valence-electron chi connectivity index (χ0n) is 16.4. The van der Waals surface area contributed by atoms with E-state index in [1.165, 1.54) is 23.8 Å². The fourth-order valence-corrected chi connectivity index (χ4v) is 3.86. The van der Waals surface area contributed by atoms with Gasteiger partial charge in [0.15, 0.2) is 11.5 Å². The summed E-state index contributed by atoms with van der Waals surface area (Å²) in [6, 6.07) is 5.57. The fourth-order valence-electron chi connectivity index (χ4n) is 2.55. The SMILES string of the molecule is CCCCOc1ccc(/C=C2\SC(=S)N(CCCC(=O)OC)C2=O)cc1OC. The van der Waals surface area contributed by atoms with Crippen LogP contribution in [-0.2, 0) is 14.3 Å². The van der Waals surface area contributed by atoms with Gasteiger partial charge in [-0.05, 0) is 36.6 Å². The molecule has 0 radical (unpaired) electrons. The van der Waals surface area contributed by atoms with E-state index in [4.69, 9.17) is 21.7 Å². The third-order valence-corrected chi connectivity index (χ3v) is 5.48. The minimum Gasteiger partial charge on any atom is -0.493 e.